The van der Waals surface area contributed by atoms with E-state index in [4.69, 9.17) is 0 Å². The molecule has 2 N–H and O–H groups in total. The highest BCUT2D eigenvalue weighted by atomic mass is 32.1. The molecule has 0 unspecified atom stereocenters. The van der Waals surface area contributed by atoms with Crippen LogP contribution in [0, 0.1) is 44.4 Å². The molecule has 1 heterocycles. The van der Waals surface area contributed by atoms with E-state index in [0.717, 1.165) is 34.5 Å². The van der Waals surface area contributed by atoms with Crippen LogP contribution in [-0.4, -0.2) is 22.0 Å². The number of carbonyl (C=O) groups is 2. The van der Waals surface area contributed by atoms with Crippen LogP contribution >= 0.6 is 11.3 Å². The monoisotopic (exact) mass is 396 g/mol. The fraction of sp³-hybridized carbons (Fsp3) is 0.409. The molecule has 5 rings (SSSR count). The second-order valence-corrected chi connectivity index (χ2v) is 9.11. The summed E-state index contributed by atoms with van der Waals surface area (Å²) in [6.45, 7) is 6.11. The summed E-state index contributed by atoms with van der Waals surface area (Å²) in [7, 11) is 0. The number of fused-ring (bicyclic) bond motifs is 2. The van der Waals surface area contributed by atoms with Gasteiger partial charge in [0.2, 0.25) is 5.91 Å². The summed E-state index contributed by atoms with van der Waals surface area (Å²) in [6.07, 6.45) is 5.71. The van der Waals surface area contributed by atoms with Crippen LogP contribution in [0.3, 0.4) is 0 Å². The lowest BCUT2D eigenvalue weighted by atomic mass is 9.62. The summed E-state index contributed by atoms with van der Waals surface area (Å²) in [5.74, 6) is -2.36. The van der Waals surface area contributed by atoms with Gasteiger partial charge in [0.05, 0.1) is 17.5 Å². The molecule has 1 saturated carbocycles. The van der Waals surface area contributed by atoms with Gasteiger partial charge >= 0.3 is 5.97 Å². The number of hydrogen-bond acceptors (Lipinski definition) is 4. The molecule has 1 aromatic carbocycles. The van der Waals surface area contributed by atoms with Crippen molar-refractivity contribution in [1.82, 2.24) is 4.98 Å². The summed E-state index contributed by atoms with van der Waals surface area (Å²) in [4.78, 5) is 30.5. The predicted molar refractivity (Wildman–Crippen MR) is 110 cm³/mol. The van der Waals surface area contributed by atoms with Gasteiger partial charge in [0, 0.05) is 10.4 Å². The maximum Gasteiger partial charge on any atom is 0.307 e. The summed E-state index contributed by atoms with van der Waals surface area (Å²) < 4.78 is 0. The highest BCUT2D eigenvalue weighted by Crippen LogP contribution is 2.45. The van der Waals surface area contributed by atoms with E-state index in [1.165, 1.54) is 16.9 Å². The van der Waals surface area contributed by atoms with Gasteiger partial charge in [-0.05, 0) is 51.0 Å². The number of aryl methyl sites for hydroxylation is 3. The van der Waals surface area contributed by atoms with Crippen molar-refractivity contribution in [3.63, 3.8) is 0 Å². The van der Waals surface area contributed by atoms with E-state index < -0.39 is 17.8 Å². The predicted octanol–water partition coefficient (Wildman–Crippen LogP) is 4.59. The number of carbonyl (C=O) groups excluding carboxylic acids is 1. The van der Waals surface area contributed by atoms with E-state index in [1.807, 2.05) is 19.1 Å². The fourth-order valence-corrected chi connectivity index (χ4v) is 5.49. The number of hydrogen-bond donors (Lipinski definition) is 2. The Morgan fingerprint density at radius 2 is 1.79 bits per heavy atom. The van der Waals surface area contributed by atoms with E-state index in [0.29, 0.717) is 5.13 Å². The summed E-state index contributed by atoms with van der Waals surface area (Å²) >= 11 is 1.44. The molecule has 6 heteroatoms. The van der Waals surface area contributed by atoms with Gasteiger partial charge in [0.15, 0.2) is 5.13 Å². The van der Waals surface area contributed by atoms with Crippen LogP contribution in [0.5, 0.6) is 0 Å². The standard InChI is InChI=1S/C22H24N2O3S/c1-11-4-9-16(12(2)10-11)19-13(3)28-22(23-19)24-20(25)17-14-5-7-15(8-6-14)18(17)21(26)27/h4-5,7,9-10,14-15,17-18H,6,8H2,1-3H3,(H,26,27)(H,23,24,25)/t14-,15-,17+,18+/m0/s1. The Morgan fingerprint density at radius 1 is 1.11 bits per heavy atom. The molecule has 1 aromatic heterocycles. The normalized spacial score (nSPS) is 25.7. The summed E-state index contributed by atoms with van der Waals surface area (Å²) in [5.41, 5.74) is 4.27. The molecule has 2 bridgehead atoms. The third-order valence-corrected chi connectivity index (χ3v) is 6.89. The van der Waals surface area contributed by atoms with Crippen LogP contribution in [0.2, 0.25) is 0 Å². The van der Waals surface area contributed by atoms with Crippen molar-refractivity contribution in [2.45, 2.75) is 33.6 Å². The summed E-state index contributed by atoms with van der Waals surface area (Å²) in [6, 6.07) is 6.24. The lowest BCUT2D eigenvalue weighted by Crippen LogP contribution is -2.47. The van der Waals surface area contributed by atoms with E-state index >= 15 is 0 Å². The molecule has 0 saturated heterocycles. The van der Waals surface area contributed by atoms with Crippen molar-refractivity contribution >= 4 is 28.3 Å². The topological polar surface area (TPSA) is 79.3 Å². The Morgan fingerprint density at radius 3 is 2.39 bits per heavy atom. The molecule has 146 valence electrons. The molecule has 0 spiro atoms. The first-order chi connectivity index (χ1) is 13.3. The average Bonchev–Trinajstić information content (AvgIpc) is 3.01. The zero-order valence-corrected chi connectivity index (χ0v) is 17.0. The Labute approximate surface area is 168 Å². The Kier molecular flexibility index (Phi) is 4.83. The number of benzene rings is 1. The van der Waals surface area contributed by atoms with Gasteiger partial charge in [-0.3, -0.25) is 9.59 Å². The van der Waals surface area contributed by atoms with Crippen LogP contribution < -0.4 is 5.32 Å². The fourth-order valence-electron chi connectivity index (χ4n) is 4.66. The molecular weight excluding hydrogens is 372 g/mol. The lowest BCUT2D eigenvalue weighted by molar-refractivity contribution is -0.151. The first-order valence-corrected chi connectivity index (χ1v) is 10.4. The first-order valence-electron chi connectivity index (χ1n) is 9.62. The molecule has 28 heavy (non-hydrogen) atoms. The van der Waals surface area contributed by atoms with Crippen LogP contribution in [0.4, 0.5) is 5.13 Å². The number of allylic oxidation sites excluding steroid dienone is 2. The van der Waals surface area contributed by atoms with Crippen LogP contribution in [0.25, 0.3) is 11.3 Å². The van der Waals surface area contributed by atoms with E-state index in [2.05, 4.69) is 42.3 Å². The number of carboxylic acids is 1. The quantitative estimate of drug-likeness (QED) is 0.741. The van der Waals surface area contributed by atoms with E-state index in [-0.39, 0.29) is 17.7 Å². The molecule has 5 nitrogen and oxygen atoms in total. The molecule has 3 aliphatic rings. The summed E-state index contributed by atoms with van der Waals surface area (Å²) in [5, 5.41) is 13.1. The molecule has 1 fully saturated rings. The van der Waals surface area contributed by atoms with Crippen LogP contribution in [0.1, 0.15) is 28.8 Å². The molecule has 4 atom stereocenters. The number of anilines is 1. The molecule has 3 aliphatic carbocycles. The van der Waals surface area contributed by atoms with E-state index in [1.54, 1.807) is 0 Å². The molecule has 2 aromatic rings. The SMILES string of the molecule is Cc1ccc(-c2nc(NC(=O)[C@H]3[C@H](C(=O)O)[C@H]4C=C[C@H]3CC4)sc2C)c(C)c1. The first kappa shape index (κ1) is 18.9. The zero-order valence-electron chi connectivity index (χ0n) is 16.2. The van der Waals surface area contributed by atoms with Crippen LogP contribution in [-0.2, 0) is 9.59 Å². The highest BCUT2D eigenvalue weighted by Gasteiger charge is 2.48. The van der Waals surface area contributed by atoms with Crippen molar-refractivity contribution in [2.24, 2.45) is 23.7 Å². The number of aromatic nitrogens is 1. The highest BCUT2D eigenvalue weighted by molar-refractivity contribution is 7.16. The van der Waals surface area contributed by atoms with Gasteiger partial charge in [-0.15, -0.1) is 11.3 Å². The minimum atomic E-state index is -0.884. The molecular formula is C22H24N2O3S. The molecule has 0 radical (unpaired) electrons. The second-order valence-electron chi connectivity index (χ2n) is 7.91. The Hall–Kier alpha value is -2.47. The number of amides is 1. The van der Waals surface area contributed by atoms with E-state index in [9.17, 15) is 14.7 Å². The van der Waals surface area contributed by atoms with Crippen LogP contribution in [0.15, 0.2) is 30.4 Å². The molecule has 1 amide bonds. The van der Waals surface area contributed by atoms with Gasteiger partial charge in [-0.2, -0.15) is 0 Å². The third kappa shape index (κ3) is 3.26. The number of carboxylic acid groups (broad SMARTS) is 1. The van der Waals surface area contributed by atoms with Gasteiger partial charge < -0.3 is 10.4 Å². The number of nitrogens with zero attached hydrogens (tertiary/aromatic N) is 1. The van der Waals surface area contributed by atoms with Gasteiger partial charge in [0.25, 0.3) is 0 Å². The van der Waals surface area contributed by atoms with Crippen molar-refractivity contribution in [1.29, 1.82) is 0 Å². The molecule has 0 aliphatic heterocycles. The van der Waals surface area contributed by atoms with Gasteiger partial charge in [-0.1, -0.05) is 35.9 Å². The minimum Gasteiger partial charge on any atom is -0.481 e. The largest absolute Gasteiger partial charge is 0.481 e. The number of rotatable bonds is 4. The second kappa shape index (κ2) is 7.17. The average molecular weight is 397 g/mol. The van der Waals surface area contributed by atoms with Crippen molar-refractivity contribution in [2.75, 3.05) is 5.32 Å². The van der Waals surface area contributed by atoms with Crippen molar-refractivity contribution in [3.8, 4) is 11.3 Å². The van der Waals surface area contributed by atoms with Gasteiger partial charge in [0.1, 0.15) is 0 Å². The number of thiazole rings is 1. The Bertz CT molecular complexity index is 978. The maximum absolute atomic E-state index is 13.0. The smallest absolute Gasteiger partial charge is 0.307 e. The zero-order chi connectivity index (χ0) is 20.0. The number of nitrogens with one attached hydrogen (secondary N) is 1. The lowest BCUT2D eigenvalue weighted by Gasteiger charge is -2.41. The van der Waals surface area contributed by atoms with Crippen molar-refractivity contribution < 1.29 is 14.7 Å². The van der Waals surface area contributed by atoms with Gasteiger partial charge in [-0.25, -0.2) is 4.98 Å². The third-order valence-electron chi connectivity index (χ3n) is 6.00. The maximum atomic E-state index is 13.0. The van der Waals surface area contributed by atoms with Crippen molar-refractivity contribution in [3.05, 3.63) is 46.4 Å². The minimum absolute atomic E-state index is 0.00836. The number of aliphatic carboxylic acids is 1. The Balaban J connectivity index is 1.59.